The lowest BCUT2D eigenvalue weighted by atomic mass is 10.1. The number of benzene rings is 1. The van der Waals surface area contributed by atoms with Crippen molar-refractivity contribution < 1.29 is 31.1 Å². The zero-order chi connectivity index (χ0) is 23.4. The molecule has 10 heteroatoms. The fourth-order valence-electron chi connectivity index (χ4n) is 3.15. The van der Waals surface area contributed by atoms with E-state index >= 15 is 0 Å². The molecule has 1 aliphatic rings. The van der Waals surface area contributed by atoms with Gasteiger partial charge in [-0.3, -0.25) is 4.79 Å². The quantitative estimate of drug-likeness (QED) is 0.479. The Bertz CT molecular complexity index is 983. The maximum Gasteiger partial charge on any atom is 0.573 e. The van der Waals surface area contributed by atoms with Gasteiger partial charge in [0.25, 0.3) is 5.91 Å². The Hall–Kier alpha value is -2.59. The summed E-state index contributed by atoms with van der Waals surface area (Å²) in [7, 11) is -3.94. The molecule has 0 saturated carbocycles. The maximum atomic E-state index is 12.9. The summed E-state index contributed by atoms with van der Waals surface area (Å²) < 4.78 is 67.7. The number of carbonyl (C=O) groups excluding carboxylic acids is 1. The molecule has 1 aromatic carbocycles. The summed E-state index contributed by atoms with van der Waals surface area (Å²) >= 11 is 0. The van der Waals surface area contributed by atoms with Crippen LogP contribution in [0.4, 0.5) is 13.2 Å². The van der Waals surface area contributed by atoms with Gasteiger partial charge in [-0.15, -0.1) is 13.2 Å². The third-order valence-corrected chi connectivity index (χ3v) is 6.57. The van der Waals surface area contributed by atoms with E-state index in [1.807, 2.05) is 6.92 Å². The zero-order valence-corrected chi connectivity index (χ0v) is 18.3. The van der Waals surface area contributed by atoms with Crippen LogP contribution in [0.2, 0.25) is 0 Å². The van der Waals surface area contributed by atoms with Gasteiger partial charge in [-0.1, -0.05) is 18.7 Å². The molecule has 1 aliphatic heterocycles. The summed E-state index contributed by atoms with van der Waals surface area (Å²) in [4.78, 5) is 14.4. The Morgan fingerprint density at radius 1 is 1.23 bits per heavy atom. The number of sulfonamides is 1. The normalized spacial score (nSPS) is 19.0. The lowest BCUT2D eigenvalue weighted by molar-refractivity contribution is -0.274. The molecule has 6 nitrogen and oxygen atoms in total. The minimum absolute atomic E-state index is 0.0575. The van der Waals surface area contributed by atoms with Crippen LogP contribution < -0.4 is 4.74 Å². The minimum atomic E-state index is -4.86. The van der Waals surface area contributed by atoms with Crippen molar-refractivity contribution in [2.24, 2.45) is 0 Å². The lowest BCUT2D eigenvalue weighted by Gasteiger charge is -2.39. The number of nitrogens with zero attached hydrogens (tertiary/aromatic N) is 2. The van der Waals surface area contributed by atoms with E-state index in [2.05, 4.69) is 11.3 Å². The van der Waals surface area contributed by atoms with Crippen molar-refractivity contribution in [2.75, 3.05) is 19.6 Å². The summed E-state index contributed by atoms with van der Waals surface area (Å²) in [5, 5.41) is 0. The van der Waals surface area contributed by atoms with Gasteiger partial charge in [0.2, 0.25) is 10.0 Å². The van der Waals surface area contributed by atoms with Crippen LogP contribution in [0.1, 0.15) is 20.8 Å². The third-order valence-electron chi connectivity index (χ3n) is 4.69. The Morgan fingerprint density at radius 3 is 2.32 bits per heavy atom. The Kier molecular flexibility index (Phi) is 7.72. The highest BCUT2D eigenvalue weighted by Gasteiger charge is 2.35. The van der Waals surface area contributed by atoms with Crippen LogP contribution in [0.15, 0.2) is 65.1 Å². The summed E-state index contributed by atoms with van der Waals surface area (Å²) in [6.07, 6.45) is 0.336. The Morgan fingerprint density at radius 2 is 1.84 bits per heavy atom. The summed E-state index contributed by atoms with van der Waals surface area (Å²) in [5.74, 6) is -0.737. The number of rotatable bonds is 6. The van der Waals surface area contributed by atoms with Gasteiger partial charge in [-0.25, -0.2) is 8.42 Å². The number of alkyl halides is 3. The highest BCUT2D eigenvalue weighted by atomic mass is 32.2. The number of piperazine rings is 1. The largest absolute Gasteiger partial charge is 0.573 e. The second-order valence-corrected chi connectivity index (χ2v) is 9.05. The van der Waals surface area contributed by atoms with Crippen LogP contribution in [-0.2, 0) is 14.8 Å². The average molecular weight is 459 g/mol. The van der Waals surface area contributed by atoms with Gasteiger partial charge in [0, 0.05) is 31.2 Å². The van der Waals surface area contributed by atoms with E-state index in [1.165, 1.54) is 4.31 Å². The second-order valence-electron chi connectivity index (χ2n) is 7.12. The number of hydrogen-bond donors (Lipinski definition) is 0. The predicted octanol–water partition coefficient (Wildman–Crippen LogP) is 3.89. The Balaban J connectivity index is 2.15. The maximum absolute atomic E-state index is 12.9. The molecule has 1 fully saturated rings. The number of allylic oxidation sites excluding steroid dienone is 3. The molecule has 2 rings (SSSR count). The van der Waals surface area contributed by atoms with Crippen LogP contribution in [-0.4, -0.2) is 55.6 Å². The second kappa shape index (κ2) is 9.69. The van der Waals surface area contributed by atoms with Gasteiger partial charge in [0.15, 0.2) is 0 Å². The van der Waals surface area contributed by atoms with Crippen molar-refractivity contribution in [1.29, 1.82) is 0 Å². The van der Waals surface area contributed by atoms with Gasteiger partial charge in [-0.2, -0.15) is 4.31 Å². The van der Waals surface area contributed by atoms with Crippen molar-refractivity contribution in [3.63, 3.8) is 0 Å². The predicted molar refractivity (Wildman–Crippen MR) is 111 cm³/mol. The molecule has 170 valence electrons. The smallest absolute Gasteiger partial charge is 0.406 e. The molecule has 0 aliphatic carbocycles. The first-order chi connectivity index (χ1) is 14.4. The fourth-order valence-corrected chi connectivity index (χ4v) is 4.66. The molecule has 0 N–H and O–H groups in total. The zero-order valence-electron chi connectivity index (χ0n) is 17.5. The number of hydrogen-bond acceptors (Lipinski definition) is 4. The van der Waals surface area contributed by atoms with Crippen LogP contribution in [0.25, 0.3) is 0 Å². The van der Waals surface area contributed by atoms with E-state index in [4.69, 9.17) is 0 Å². The molecule has 1 aromatic rings. The van der Waals surface area contributed by atoms with Crippen LogP contribution in [0.3, 0.4) is 0 Å². The Labute approximate surface area is 180 Å². The summed E-state index contributed by atoms with van der Waals surface area (Å²) in [5.41, 5.74) is 1.05. The summed E-state index contributed by atoms with van der Waals surface area (Å²) in [6.45, 7) is 9.42. The highest BCUT2D eigenvalue weighted by molar-refractivity contribution is 7.89. The first kappa shape index (κ1) is 24.7. The van der Waals surface area contributed by atoms with E-state index in [0.29, 0.717) is 11.1 Å². The molecule has 1 atom stereocenters. The topological polar surface area (TPSA) is 66.9 Å². The molecule has 0 unspecified atom stereocenters. The van der Waals surface area contributed by atoms with Crippen molar-refractivity contribution in [2.45, 2.75) is 38.1 Å². The molecule has 0 bridgehead atoms. The molecular weight excluding hydrogens is 433 g/mol. The van der Waals surface area contributed by atoms with Crippen LogP contribution >= 0.6 is 0 Å². The molecule has 0 radical (unpaired) electrons. The van der Waals surface area contributed by atoms with Gasteiger partial charge >= 0.3 is 6.36 Å². The number of halogens is 3. The fraction of sp³-hybridized carbons (Fsp3) is 0.381. The lowest BCUT2D eigenvalue weighted by Crippen LogP contribution is -2.55. The van der Waals surface area contributed by atoms with Crippen molar-refractivity contribution in [3.8, 4) is 5.75 Å². The highest BCUT2D eigenvalue weighted by Crippen LogP contribution is 2.26. The monoisotopic (exact) mass is 458 g/mol. The van der Waals surface area contributed by atoms with E-state index < -0.39 is 28.2 Å². The summed E-state index contributed by atoms with van der Waals surface area (Å²) in [6, 6.07) is 3.64. The minimum Gasteiger partial charge on any atom is -0.406 e. The molecule has 1 amide bonds. The van der Waals surface area contributed by atoms with Crippen molar-refractivity contribution >= 4 is 15.9 Å². The third kappa shape index (κ3) is 6.20. The molecule has 1 heterocycles. The van der Waals surface area contributed by atoms with Gasteiger partial charge in [-0.05, 0) is 56.7 Å². The number of carbonyl (C=O) groups is 1. The van der Waals surface area contributed by atoms with E-state index in [0.717, 1.165) is 24.3 Å². The van der Waals surface area contributed by atoms with Gasteiger partial charge in [0.05, 0.1) is 4.90 Å². The first-order valence-electron chi connectivity index (χ1n) is 9.52. The standard InChI is InChI=1S/C21H25F3N2O4S/c1-5-6-7-19(15(2)3)20(27)26-13-12-25(14-16(26)4)31(28,29)18-10-8-17(9-11-18)30-21(22,23)24/h5-11,16H,2,12-14H2,1,3-4H3/b6-5-,19-7+/t16-/m0/s1. The molecule has 1 saturated heterocycles. The first-order valence-corrected chi connectivity index (χ1v) is 11.0. The number of amides is 1. The van der Waals surface area contributed by atoms with E-state index in [9.17, 15) is 26.4 Å². The average Bonchev–Trinajstić information content (AvgIpc) is 2.67. The van der Waals surface area contributed by atoms with Crippen LogP contribution in [0, 0.1) is 0 Å². The number of ether oxygens (including phenoxy) is 1. The SMILES string of the molecule is C=C(C)/C(=C\C=C/C)C(=O)N1CCN(S(=O)(=O)c2ccc(OC(F)(F)F)cc2)C[C@@H]1C. The van der Waals surface area contributed by atoms with E-state index in [1.54, 1.807) is 37.0 Å². The molecular formula is C21H25F3N2O4S. The molecule has 0 spiro atoms. The van der Waals surface area contributed by atoms with Gasteiger partial charge in [0.1, 0.15) is 5.75 Å². The molecule has 31 heavy (non-hydrogen) atoms. The van der Waals surface area contributed by atoms with Gasteiger partial charge < -0.3 is 9.64 Å². The van der Waals surface area contributed by atoms with E-state index in [-0.39, 0.29) is 30.4 Å². The van der Waals surface area contributed by atoms with Crippen LogP contribution in [0.5, 0.6) is 5.75 Å². The van der Waals surface area contributed by atoms with Crippen molar-refractivity contribution in [3.05, 3.63) is 60.2 Å². The molecule has 0 aromatic heterocycles. The van der Waals surface area contributed by atoms with Crippen molar-refractivity contribution in [1.82, 2.24) is 9.21 Å².